The predicted octanol–water partition coefficient (Wildman–Crippen LogP) is 2.93. The molecule has 1 heterocycles. The first-order valence-corrected chi connectivity index (χ1v) is 7.64. The predicted molar refractivity (Wildman–Crippen MR) is 85.5 cm³/mol. The Morgan fingerprint density at radius 3 is 2.82 bits per heavy atom. The van der Waals surface area contributed by atoms with Crippen molar-refractivity contribution in [3.8, 4) is 0 Å². The van der Waals surface area contributed by atoms with Crippen LogP contribution < -0.4 is 5.32 Å². The monoisotopic (exact) mass is 365 g/mol. The van der Waals surface area contributed by atoms with Crippen molar-refractivity contribution >= 4 is 33.6 Å². The normalized spacial score (nSPS) is 10.3. The summed E-state index contributed by atoms with van der Waals surface area (Å²) in [4.78, 5) is 26.0. The molecule has 7 heteroatoms. The van der Waals surface area contributed by atoms with Gasteiger partial charge in [0.1, 0.15) is 12.8 Å². The van der Waals surface area contributed by atoms with Crippen LogP contribution in [0.1, 0.15) is 23.7 Å². The van der Waals surface area contributed by atoms with Crippen LogP contribution in [-0.4, -0.2) is 35.0 Å². The molecule has 0 saturated carbocycles. The van der Waals surface area contributed by atoms with E-state index < -0.39 is 0 Å². The Kier molecular flexibility index (Phi) is 5.71. The summed E-state index contributed by atoms with van der Waals surface area (Å²) in [7, 11) is 0. The van der Waals surface area contributed by atoms with E-state index in [1.807, 2.05) is 13.0 Å². The number of carbonyl (C=O) groups is 2. The number of carbonyl (C=O) groups excluding carboxylic acids is 2. The highest BCUT2D eigenvalue weighted by molar-refractivity contribution is 9.10. The van der Waals surface area contributed by atoms with Crippen molar-refractivity contribution < 1.29 is 14.1 Å². The molecule has 0 radical (unpaired) electrons. The average molecular weight is 366 g/mol. The fourth-order valence-electron chi connectivity index (χ4n) is 1.96. The summed E-state index contributed by atoms with van der Waals surface area (Å²) in [6, 6.07) is 8.64. The van der Waals surface area contributed by atoms with Gasteiger partial charge in [0, 0.05) is 22.6 Å². The minimum Gasteiger partial charge on any atom is -0.363 e. The SMILES string of the molecule is CCCN(CC(=O)Nc1ccon1)C(=O)c1cccc(Br)c1. The molecule has 0 unspecified atom stereocenters. The summed E-state index contributed by atoms with van der Waals surface area (Å²) in [5.41, 5.74) is 0.539. The lowest BCUT2D eigenvalue weighted by Gasteiger charge is -2.21. The quantitative estimate of drug-likeness (QED) is 0.853. The highest BCUT2D eigenvalue weighted by atomic mass is 79.9. The fraction of sp³-hybridized carbons (Fsp3) is 0.267. The molecule has 1 aromatic heterocycles. The number of amides is 2. The third kappa shape index (κ3) is 4.42. The van der Waals surface area contributed by atoms with Gasteiger partial charge in [0.15, 0.2) is 5.82 Å². The topological polar surface area (TPSA) is 75.4 Å². The van der Waals surface area contributed by atoms with Gasteiger partial charge in [-0.15, -0.1) is 0 Å². The van der Waals surface area contributed by atoms with E-state index in [9.17, 15) is 9.59 Å². The van der Waals surface area contributed by atoms with Crippen LogP contribution in [0.5, 0.6) is 0 Å². The molecule has 0 fully saturated rings. The van der Waals surface area contributed by atoms with Gasteiger partial charge < -0.3 is 14.7 Å². The summed E-state index contributed by atoms with van der Waals surface area (Å²) < 4.78 is 5.47. The number of nitrogens with one attached hydrogen (secondary N) is 1. The van der Waals surface area contributed by atoms with Crippen molar-refractivity contribution in [1.82, 2.24) is 10.1 Å². The van der Waals surface area contributed by atoms with Crippen molar-refractivity contribution in [1.29, 1.82) is 0 Å². The van der Waals surface area contributed by atoms with Crippen LogP contribution in [0.3, 0.4) is 0 Å². The van der Waals surface area contributed by atoms with Crippen molar-refractivity contribution in [2.45, 2.75) is 13.3 Å². The molecule has 2 aromatic rings. The number of aromatic nitrogens is 1. The highest BCUT2D eigenvalue weighted by Gasteiger charge is 2.18. The van der Waals surface area contributed by atoms with Gasteiger partial charge >= 0.3 is 0 Å². The van der Waals surface area contributed by atoms with Crippen LogP contribution in [-0.2, 0) is 4.79 Å². The first kappa shape index (κ1) is 16.2. The van der Waals surface area contributed by atoms with E-state index in [2.05, 4.69) is 30.9 Å². The summed E-state index contributed by atoms with van der Waals surface area (Å²) in [6.45, 7) is 2.42. The molecule has 0 aliphatic heterocycles. The molecule has 2 rings (SSSR count). The van der Waals surface area contributed by atoms with Gasteiger partial charge in [0.05, 0.1) is 0 Å². The average Bonchev–Trinajstić information content (AvgIpc) is 2.99. The Balaban J connectivity index is 2.05. The second-order valence-corrected chi connectivity index (χ2v) is 5.59. The van der Waals surface area contributed by atoms with E-state index in [0.717, 1.165) is 10.9 Å². The molecule has 22 heavy (non-hydrogen) atoms. The van der Waals surface area contributed by atoms with Crippen molar-refractivity contribution in [3.63, 3.8) is 0 Å². The lowest BCUT2D eigenvalue weighted by atomic mass is 10.2. The zero-order valence-electron chi connectivity index (χ0n) is 12.1. The van der Waals surface area contributed by atoms with E-state index in [0.29, 0.717) is 17.9 Å². The smallest absolute Gasteiger partial charge is 0.254 e. The molecule has 0 spiro atoms. The number of halogens is 1. The van der Waals surface area contributed by atoms with E-state index in [1.54, 1.807) is 18.2 Å². The minimum absolute atomic E-state index is 0.0357. The van der Waals surface area contributed by atoms with Crippen molar-refractivity contribution in [3.05, 3.63) is 46.6 Å². The number of nitrogens with zero attached hydrogens (tertiary/aromatic N) is 2. The van der Waals surface area contributed by atoms with Gasteiger partial charge in [-0.3, -0.25) is 9.59 Å². The molecule has 6 nitrogen and oxygen atoms in total. The highest BCUT2D eigenvalue weighted by Crippen LogP contribution is 2.14. The lowest BCUT2D eigenvalue weighted by Crippen LogP contribution is -2.38. The second kappa shape index (κ2) is 7.74. The molecule has 0 aliphatic carbocycles. The first-order valence-electron chi connectivity index (χ1n) is 6.85. The van der Waals surface area contributed by atoms with E-state index in [-0.39, 0.29) is 18.4 Å². The minimum atomic E-state index is -0.314. The van der Waals surface area contributed by atoms with Crippen LogP contribution in [0.4, 0.5) is 5.82 Å². The van der Waals surface area contributed by atoms with Gasteiger partial charge in [-0.1, -0.05) is 34.1 Å². The molecule has 0 saturated heterocycles. The molecule has 116 valence electrons. The summed E-state index contributed by atoms with van der Waals surface area (Å²) in [5, 5.41) is 6.19. The Morgan fingerprint density at radius 2 is 2.18 bits per heavy atom. The number of rotatable bonds is 6. The Labute approximate surface area is 136 Å². The van der Waals surface area contributed by atoms with Crippen molar-refractivity contribution in [2.75, 3.05) is 18.4 Å². The number of anilines is 1. The third-order valence-corrected chi connectivity index (χ3v) is 3.39. The zero-order chi connectivity index (χ0) is 15.9. The molecule has 2 amide bonds. The maximum atomic E-state index is 12.5. The van der Waals surface area contributed by atoms with Crippen LogP contribution in [0.25, 0.3) is 0 Å². The van der Waals surface area contributed by atoms with Crippen molar-refractivity contribution in [2.24, 2.45) is 0 Å². The Hall–Kier alpha value is -2.15. The number of benzene rings is 1. The summed E-state index contributed by atoms with van der Waals surface area (Å²) >= 11 is 3.34. The zero-order valence-corrected chi connectivity index (χ0v) is 13.7. The van der Waals surface area contributed by atoms with Gasteiger partial charge in [-0.2, -0.15) is 0 Å². The van der Waals surface area contributed by atoms with Crippen LogP contribution >= 0.6 is 15.9 Å². The summed E-state index contributed by atoms with van der Waals surface area (Å²) in [6.07, 6.45) is 2.13. The van der Waals surface area contributed by atoms with Crippen LogP contribution in [0.15, 0.2) is 45.6 Å². The lowest BCUT2D eigenvalue weighted by molar-refractivity contribution is -0.116. The number of hydrogen-bond donors (Lipinski definition) is 1. The second-order valence-electron chi connectivity index (χ2n) is 4.67. The van der Waals surface area contributed by atoms with Gasteiger partial charge in [0.25, 0.3) is 5.91 Å². The standard InChI is InChI=1S/C15H16BrN3O3/c1-2-7-19(10-14(20)17-13-6-8-22-18-13)15(21)11-4-3-5-12(16)9-11/h3-6,8-9H,2,7,10H2,1H3,(H,17,18,20). The number of hydrogen-bond acceptors (Lipinski definition) is 4. The van der Waals surface area contributed by atoms with Crippen LogP contribution in [0.2, 0.25) is 0 Å². The molecule has 0 atom stereocenters. The fourth-order valence-corrected chi connectivity index (χ4v) is 2.36. The van der Waals surface area contributed by atoms with Crippen LogP contribution in [0, 0.1) is 0 Å². The van der Waals surface area contributed by atoms with E-state index in [4.69, 9.17) is 0 Å². The molecular weight excluding hydrogens is 350 g/mol. The third-order valence-electron chi connectivity index (χ3n) is 2.89. The van der Waals surface area contributed by atoms with E-state index in [1.165, 1.54) is 17.2 Å². The van der Waals surface area contributed by atoms with Gasteiger partial charge in [-0.05, 0) is 24.6 Å². The van der Waals surface area contributed by atoms with Gasteiger partial charge in [-0.25, -0.2) is 0 Å². The molecular formula is C15H16BrN3O3. The molecule has 1 N–H and O–H groups in total. The first-order chi connectivity index (χ1) is 10.6. The molecule has 0 bridgehead atoms. The molecule has 1 aromatic carbocycles. The van der Waals surface area contributed by atoms with E-state index >= 15 is 0 Å². The maximum Gasteiger partial charge on any atom is 0.254 e. The molecule has 0 aliphatic rings. The maximum absolute atomic E-state index is 12.5. The summed E-state index contributed by atoms with van der Waals surface area (Å²) in [5.74, 6) is -0.166. The Morgan fingerprint density at radius 1 is 1.36 bits per heavy atom. The largest absolute Gasteiger partial charge is 0.363 e. The van der Waals surface area contributed by atoms with Gasteiger partial charge in [0.2, 0.25) is 5.91 Å². The Bertz CT molecular complexity index is 643.